The van der Waals surface area contributed by atoms with Gasteiger partial charge in [0.15, 0.2) is 0 Å². The van der Waals surface area contributed by atoms with Gasteiger partial charge in [-0.15, -0.1) is 0 Å². The number of nitrogens with two attached hydrogens (primary N) is 1. The Balaban J connectivity index is 1.93. The van der Waals surface area contributed by atoms with E-state index in [0.29, 0.717) is 5.39 Å². The van der Waals surface area contributed by atoms with Gasteiger partial charge in [0.1, 0.15) is 5.82 Å². The van der Waals surface area contributed by atoms with Gasteiger partial charge in [0, 0.05) is 11.4 Å². The van der Waals surface area contributed by atoms with Crippen LogP contribution in [-0.4, -0.2) is 0 Å². The molecule has 2 heteroatoms. The molecule has 0 spiro atoms. The summed E-state index contributed by atoms with van der Waals surface area (Å²) in [6.45, 7) is 0. The van der Waals surface area contributed by atoms with E-state index in [1.54, 1.807) is 6.07 Å². The minimum Gasteiger partial charge on any atom is -0.324 e. The first-order valence-electron chi connectivity index (χ1n) is 7.18. The smallest absolute Gasteiger partial charge is 0.131 e. The Morgan fingerprint density at radius 2 is 1.74 bits per heavy atom. The number of hydrogen-bond donors (Lipinski definition) is 1. The van der Waals surface area contributed by atoms with E-state index in [2.05, 4.69) is 0 Å². The largest absolute Gasteiger partial charge is 0.324 e. The van der Waals surface area contributed by atoms with Gasteiger partial charge >= 0.3 is 0 Å². The predicted molar refractivity (Wildman–Crippen MR) is 77.4 cm³/mol. The van der Waals surface area contributed by atoms with Crippen molar-refractivity contribution in [1.29, 1.82) is 0 Å². The fourth-order valence-electron chi connectivity index (χ4n) is 3.34. The van der Waals surface area contributed by atoms with Gasteiger partial charge in [-0.2, -0.15) is 0 Å². The molecule has 2 N–H and O–H groups in total. The number of benzene rings is 2. The van der Waals surface area contributed by atoms with E-state index in [1.807, 2.05) is 30.3 Å². The average Bonchev–Trinajstić information content (AvgIpc) is 2.92. The molecule has 19 heavy (non-hydrogen) atoms. The fraction of sp³-hybridized carbons (Fsp3) is 0.412. The zero-order chi connectivity index (χ0) is 13.2. The maximum Gasteiger partial charge on any atom is 0.131 e. The Morgan fingerprint density at radius 1 is 1.05 bits per heavy atom. The first-order valence-corrected chi connectivity index (χ1v) is 7.18. The number of hydrogen-bond acceptors (Lipinski definition) is 1. The van der Waals surface area contributed by atoms with Crippen LogP contribution < -0.4 is 5.73 Å². The van der Waals surface area contributed by atoms with Crippen LogP contribution in [0.4, 0.5) is 4.39 Å². The third-order valence-electron chi connectivity index (χ3n) is 4.37. The average molecular weight is 257 g/mol. The van der Waals surface area contributed by atoms with Crippen molar-refractivity contribution in [1.82, 2.24) is 0 Å². The SMILES string of the molecule is NC(CC1CCCC1)c1ccc(F)c2ccccc12. The molecule has 0 aliphatic heterocycles. The van der Waals surface area contributed by atoms with Crippen molar-refractivity contribution in [2.75, 3.05) is 0 Å². The fourth-order valence-corrected chi connectivity index (χ4v) is 3.34. The highest BCUT2D eigenvalue weighted by molar-refractivity contribution is 5.86. The third-order valence-corrected chi connectivity index (χ3v) is 4.37. The first kappa shape index (κ1) is 12.6. The summed E-state index contributed by atoms with van der Waals surface area (Å²) in [4.78, 5) is 0. The van der Waals surface area contributed by atoms with Crippen LogP contribution in [0.1, 0.15) is 43.7 Å². The Morgan fingerprint density at radius 3 is 2.47 bits per heavy atom. The van der Waals surface area contributed by atoms with Gasteiger partial charge in [-0.3, -0.25) is 0 Å². The molecule has 2 aromatic rings. The Hall–Kier alpha value is -1.41. The molecule has 100 valence electrons. The van der Waals surface area contributed by atoms with E-state index in [-0.39, 0.29) is 11.9 Å². The minimum absolute atomic E-state index is 0.0219. The molecule has 1 atom stereocenters. The zero-order valence-electron chi connectivity index (χ0n) is 11.1. The highest BCUT2D eigenvalue weighted by atomic mass is 19.1. The van der Waals surface area contributed by atoms with Gasteiger partial charge in [0.25, 0.3) is 0 Å². The number of halogens is 1. The van der Waals surface area contributed by atoms with Crippen molar-refractivity contribution < 1.29 is 4.39 Å². The van der Waals surface area contributed by atoms with Crippen LogP contribution in [0.5, 0.6) is 0 Å². The maximum absolute atomic E-state index is 13.8. The Bertz CT molecular complexity index is 572. The van der Waals surface area contributed by atoms with E-state index in [1.165, 1.54) is 25.7 Å². The lowest BCUT2D eigenvalue weighted by Crippen LogP contribution is -2.14. The highest BCUT2D eigenvalue weighted by Gasteiger charge is 2.20. The number of rotatable bonds is 3. The lowest BCUT2D eigenvalue weighted by atomic mass is 9.91. The second kappa shape index (κ2) is 5.30. The zero-order valence-corrected chi connectivity index (χ0v) is 11.1. The predicted octanol–water partition coefficient (Wildman–Crippen LogP) is 4.56. The van der Waals surface area contributed by atoms with E-state index < -0.39 is 0 Å². The molecular formula is C17H20FN. The second-order valence-corrected chi connectivity index (χ2v) is 5.67. The summed E-state index contributed by atoms with van der Waals surface area (Å²) in [5.41, 5.74) is 7.46. The molecule has 1 nitrogen and oxygen atoms in total. The Kier molecular flexibility index (Phi) is 3.52. The van der Waals surface area contributed by atoms with Crippen LogP contribution in [-0.2, 0) is 0 Å². The topological polar surface area (TPSA) is 26.0 Å². The monoisotopic (exact) mass is 257 g/mol. The van der Waals surface area contributed by atoms with Gasteiger partial charge in [0.2, 0.25) is 0 Å². The summed E-state index contributed by atoms with van der Waals surface area (Å²) >= 11 is 0. The molecule has 3 rings (SSSR count). The maximum atomic E-state index is 13.8. The molecule has 0 aromatic heterocycles. The van der Waals surface area contributed by atoms with Crippen LogP contribution in [0.15, 0.2) is 36.4 Å². The van der Waals surface area contributed by atoms with Gasteiger partial charge in [-0.05, 0) is 29.4 Å². The molecule has 2 aromatic carbocycles. The quantitative estimate of drug-likeness (QED) is 0.857. The molecule has 1 aliphatic rings. The lowest BCUT2D eigenvalue weighted by Gasteiger charge is -2.18. The normalized spacial score (nSPS) is 18.0. The van der Waals surface area contributed by atoms with Gasteiger partial charge in [-0.25, -0.2) is 4.39 Å². The molecule has 0 bridgehead atoms. The van der Waals surface area contributed by atoms with Crippen molar-refractivity contribution in [2.24, 2.45) is 11.7 Å². The first-order chi connectivity index (χ1) is 9.25. The summed E-state index contributed by atoms with van der Waals surface area (Å²) in [6.07, 6.45) is 6.29. The minimum atomic E-state index is -0.160. The summed E-state index contributed by atoms with van der Waals surface area (Å²) in [7, 11) is 0. The molecule has 1 saturated carbocycles. The van der Waals surface area contributed by atoms with Gasteiger partial charge in [-0.1, -0.05) is 56.0 Å². The molecule has 1 unspecified atom stereocenters. The third kappa shape index (κ3) is 2.50. The van der Waals surface area contributed by atoms with E-state index in [9.17, 15) is 4.39 Å². The molecule has 0 heterocycles. The van der Waals surface area contributed by atoms with Gasteiger partial charge < -0.3 is 5.73 Å². The van der Waals surface area contributed by atoms with Crippen molar-refractivity contribution in [3.05, 3.63) is 47.8 Å². The van der Waals surface area contributed by atoms with E-state index in [4.69, 9.17) is 5.73 Å². The molecule has 0 saturated heterocycles. The molecular weight excluding hydrogens is 237 g/mol. The number of fused-ring (bicyclic) bond motifs is 1. The standard InChI is InChI=1S/C17H20FN/c18-16-10-9-15(13-7-3-4-8-14(13)16)17(19)11-12-5-1-2-6-12/h3-4,7-10,12,17H,1-2,5-6,11,19H2. The van der Waals surface area contributed by atoms with Crippen molar-refractivity contribution in [3.8, 4) is 0 Å². The van der Waals surface area contributed by atoms with Crippen LogP contribution >= 0.6 is 0 Å². The van der Waals surface area contributed by atoms with Gasteiger partial charge in [0.05, 0.1) is 0 Å². The second-order valence-electron chi connectivity index (χ2n) is 5.67. The van der Waals surface area contributed by atoms with E-state index in [0.717, 1.165) is 23.3 Å². The summed E-state index contributed by atoms with van der Waals surface area (Å²) in [6, 6.07) is 11.1. The van der Waals surface area contributed by atoms with Crippen molar-refractivity contribution in [3.63, 3.8) is 0 Å². The van der Waals surface area contributed by atoms with Crippen LogP contribution in [0.25, 0.3) is 10.8 Å². The summed E-state index contributed by atoms with van der Waals surface area (Å²) in [5, 5.41) is 1.65. The van der Waals surface area contributed by atoms with Crippen molar-refractivity contribution in [2.45, 2.75) is 38.1 Å². The molecule has 1 fully saturated rings. The lowest BCUT2D eigenvalue weighted by molar-refractivity contribution is 0.452. The highest BCUT2D eigenvalue weighted by Crippen LogP contribution is 2.34. The van der Waals surface area contributed by atoms with Crippen LogP contribution in [0, 0.1) is 11.7 Å². The molecule has 1 aliphatic carbocycles. The van der Waals surface area contributed by atoms with Crippen LogP contribution in [0.2, 0.25) is 0 Å². The summed E-state index contributed by atoms with van der Waals surface area (Å²) < 4.78 is 13.8. The van der Waals surface area contributed by atoms with Crippen molar-refractivity contribution >= 4 is 10.8 Å². The van der Waals surface area contributed by atoms with Crippen LogP contribution in [0.3, 0.4) is 0 Å². The molecule has 0 radical (unpaired) electrons. The Labute approximate surface area is 113 Å². The van der Waals surface area contributed by atoms with E-state index >= 15 is 0 Å². The molecule has 0 amide bonds. The summed E-state index contributed by atoms with van der Waals surface area (Å²) in [5.74, 6) is 0.589.